The second kappa shape index (κ2) is 9.00. The van der Waals surface area contributed by atoms with E-state index in [2.05, 4.69) is 5.32 Å². The van der Waals surface area contributed by atoms with Crippen molar-refractivity contribution in [3.8, 4) is 5.75 Å². The Morgan fingerprint density at radius 3 is 2.55 bits per heavy atom. The number of hydrogen-bond donors (Lipinski definition) is 1. The maximum atomic E-state index is 13.2. The van der Waals surface area contributed by atoms with Crippen molar-refractivity contribution >= 4 is 17.5 Å². The summed E-state index contributed by atoms with van der Waals surface area (Å²) in [7, 11) is 1.60. The van der Waals surface area contributed by atoms with Gasteiger partial charge in [-0.25, -0.2) is 4.39 Å². The molecule has 0 unspecified atom stereocenters. The van der Waals surface area contributed by atoms with Crippen LogP contribution in [0.5, 0.6) is 5.75 Å². The molecule has 1 aliphatic heterocycles. The summed E-state index contributed by atoms with van der Waals surface area (Å²) in [4.78, 5) is 27.3. The molecule has 1 N–H and O–H groups in total. The number of carbonyl (C=O) groups excluding carboxylic acids is 2. The fraction of sp³-hybridized carbons (Fsp3) is 0.200. The van der Waals surface area contributed by atoms with Crippen molar-refractivity contribution in [1.29, 1.82) is 0 Å². The molecular weight excluding hydrogens is 395 g/mol. The van der Waals surface area contributed by atoms with Gasteiger partial charge in [-0.3, -0.25) is 9.59 Å². The molecule has 3 aromatic rings. The molecule has 0 fully saturated rings. The van der Waals surface area contributed by atoms with E-state index in [1.807, 2.05) is 36.4 Å². The van der Waals surface area contributed by atoms with Gasteiger partial charge in [0.15, 0.2) is 0 Å². The Kier molecular flexibility index (Phi) is 5.98. The van der Waals surface area contributed by atoms with Crippen molar-refractivity contribution in [2.24, 2.45) is 0 Å². The van der Waals surface area contributed by atoms with Gasteiger partial charge in [0.2, 0.25) is 0 Å². The molecule has 1 aliphatic rings. The largest absolute Gasteiger partial charge is 0.496 e. The van der Waals surface area contributed by atoms with E-state index in [9.17, 15) is 14.0 Å². The average Bonchev–Trinajstić information content (AvgIpc) is 2.82. The molecule has 0 aromatic heterocycles. The molecule has 0 saturated carbocycles. The second-order valence-electron chi connectivity index (χ2n) is 7.41. The lowest BCUT2D eigenvalue weighted by molar-refractivity contribution is 0.0949. The van der Waals surface area contributed by atoms with E-state index in [0.29, 0.717) is 24.2 Å². The monoisotopic (exact) mass is 418 g/mol. The van der Waals surface area contributed by atoms with E-state index in [-0.39, 0.29) is 17.6 Å². The highest BCUT2D eigenvalue weighted by Crippen LogP contribution is 2.29. The van der Waals surface area contributed by atoms with Gasteiger partial charge in [-0.15, -0.1) is 0 Å². The van der Waals surface area contributed by atoms with Crippen molar-refractivity contribution in [2.75, 3.05) is 18.6 Å². The molecule has 1 heterocycles. The lowest BCUT2D eigenvalue weighted by atomic mass is 9.98. The number of carbonyl (C=O) groups is 2. The number of aryl methyl sites for hydroxylation is 1. The van der Waals surface area contributed by atoms with Gasteiger partial charge in [0.1, 0.15) is 11.6 Å². The van der Waals surface area contributed by atoms with Gasteiger partial charge in [-0.1, -0.05) is 18.2 Å². The molecular formula is C25H23FN2O3. The third-order valence-electron chi connectivity index (χ3n) is 5.43. The van der Waals surface area contributed by atoms with Crippen molar-refractivity contribution in [3.05, 3.63) is 94.8 Å². The smallest absolute Gasteiger partial charge is 0.258 e. The Labute approximate surface area is 180 Å². The summed E-state index contributed by atoms with van der Waals surface area (Å²) in [6, 6.07) is 18.5. The molecule has 158 valence electrons. The summed E-state index contributed by atoms with van der Waals surface area (Å²) < 4.78 is 18.5. The SMILES string of the molecule is COc1ccccc1CNC(=O)c1ccc2c(c1)CCCN2C(=O)c1ccc(F)cc1. The highest BCUT2D eigenvalue weighted by Gasteiger charge is 2.24. The molecule has 0 radical (unpaired) electrons. The molecule has 0 bridgehead atoms. The predicted octanol–water partition coefficient (Wildman–Crippen LogP) is 4.36. The lowest BCUT2D eigenvalue weighted by Gasteiger charge is -2.30. The first-order chi connectivity index (χ1) is 15.1. The maximum absolute atomic E-state index is 13.2. The van der Waals surface area contributed by atoms with Crippen LogP contribution >= 0.6 is 0 Å². The van der Waals surface area contributed by atoms with Crippen LogP contribution in [-0.4, -0.2) is 25.5 Å². The Morgan fingerprint density at radius 1 is 1.03 bits per heavy atom. The molecule has 6 heteroatoms. The van der Waals surface area contributed by atoms with Gasteiger partial charge in [-0.2, -0.15) is 0 Å². The van der Waals surface area contributed by atoms with Crippen molar-refractivity contribution in [1.82, 2.24) is 5.32 Å². The van der Waals surface area contributed by atoms with E-state index in [4.69, 9.17) is 4.74 Å². The fourth-order valence-electron chi connectivity index (χ4n) is 3.82. The Hall–Kier alpha value is -3.67. The number of hydrogen-bond acceptors (Lipinski definition) is 3. The second-order valence-corrected chi connectivity index (χ2v) is 7.41. The Bertz CT molecular complexity index is 1110. The predicted molar refractivity (Wildman–Crippen MR) is 117 cm³/mol. The number of amides is 2. The zero-order valence-corrected chi connectivity index (χ0v) is 17.2. The van der Waals surface area contributed by atoms with Crippen molar-refractivity contribution in [2.45, 2.75) is 19.4 Å². The summed E-state index contributed by atoms with van der Waals surface area (Å²) in [5.41, 5.74) is 3.62. The summed E-state index contributed by atoms with van der Waals surface area (Å²) in [6.07, 6.45) is 1.59. The van der Waals surface area contributed by atoms with Crippen LogP contribution in [0.1, 0.15) is 38.3 Å². The average molecular weight is 418 g/mol. The number of anilines is 1. The van der Waals surface area contributed by atoms with Crippen LogP contribution < -0.4 is 15.0 Å². The van der Waals surface area contributed by atoms with Gasteiger partial charge in [0, 0.05) is 35.5 Å². The highest BCUT2D eigenvalue weighted by atomic mass is 19.1. The number of methoxy groups -OCH3 is 1. The van der Waals surface area contributed by atoms with Gasteiger partial charge >= 0.3 is 0 Å². The summed E-state index contributed by atoms with van der Waals surface area (Å²) in [6.45, 7) is 0.942. The first kappa shape index (κ1) is 20.6. The first-order valence-electron chi connectivity index (χ1n) is 10.2. The van der Waals surface area contributed by atoms with E-state index in [1.54, 1.807) is 18.1 Å². The van der Waals surface area contributed by atoms with E-state index >= 15 is 0 Å². The van der Waals surface area contributed by atoms with Gasteiger partial charge in [0.25, 0.3) is 11.8 Å². The molecule has 5 nitrogen and oxygen atoms in total. The fourth-order valence-corrected chi connectivity index (χ4v) is 3.82. The zero-order valence-electron chi connectivity index (χ0n) is 17.2. The van der Waals surface area contributed by atoms with Gasteiger partial charge in [-0.05, 0) is 66.9 Å². The van der Waals surface area contributed by atoms with Crippen LogP contribution in [0.25, 0.3) is 0 Å². The van der Waals surface area contributed by atoms with E-state index < -0.39 is 0 Å². The minimum atomic E-state index is -0.376. The number of rotatable bonds is 5. The topological polar surface area (TPSA) is 58.6 Å². The van der Waals surface area contributed by atoms with Crippen LogP contribution in [0.3, 0.4) is 0 Å². The Balaban J connectivity index is 1.50. The quantitative estimate of drug-likeness (QED) is 0.670. The normalized spacial score (nSPS) is 12.8. The van der Waals surface area contributed by atoms with Crippen LogP contribution in [0, 0.1) is 5.82 Å². The molecule has 3 aromatic carbocycles. The number of ether oxygens (including phenoxy) is 1. The third kappa shape index (κ3) is 4.43. The standard InChI is InChI=1S/C25H23FN2O3/c1-31-23-7-3-2-5-20(23)16-27-24(29)19-10-13-22-18(15-19)6-4-14-28(22)25(30)17-8-11-21(26)12-9-17/h2-3,5,7-13,15H,4,6,14,16H2,1H3,(H,27,29). The first-order valence-corrected chi connectivity index (χ1v) is 10.2. The lowest BCUT2D eigenvalue weighted by Crippen LogP contribution is -2.35. The number of fused-ring (bicyclic) bond motifs is 1. The maximum Gasteiger partial charge on any atom is 0.258 e. The Morgan fingerprint density at radius 2 is 1.77 bits per heavy atom. The number of nitrogens with one attached hydrogen (secondary N) is 1. The van der Waals surface area contributed by atoms with E-state index in [0.717, 1.165) is 35.4 Å². The minimum absolute atomic E-state index is 0.172. The van der Waals surface area contributed by atoms with Crippen LogP contribution in [-0.2, 0) is 13.0 Å². The van der Waals surface area contributed by atoms with Crippen molar-refractivity contribution < 1.29 is 18.7 Å². The molecule has 0 aliphatic carbocycles. The molecule has 0 atom stereocenters. The number of para-hydroxylation sites is 1. The van der Waals surface area contributed by atoms with Crippen LogP contribution in [0.4, 0.5) is 10.1 Å². The zero-order chi connectivity index (χ0) is 21.8. The van der Waals surface area contributed by atoms with Gasteiger partial charge in [0.05, 0.1) is 7.11 Å². The third-order valence-corrected chi connectivity index (χ3v) is 5.43. The molecule has 31 heavy (non-hydrogen) atoms. The number of benzene rings is 3. The van der Waals surface area contributed by atoms with Gasteiger partial charge < -0.3 is 15.0 Å². The van der Waals surface area contributed by atoms with Crippen LogP contribution in [0.2, 0.25) is 0 Å². The number of halogens is 1. The molecule has 0 saturated heterocycles. The summed E-state index contributed by atoms with van der Waals surface area (Å²) >= 11 is 0. The van der Waals surface area contributed by atoms with Crippen LogP contribution in [0.15, 0.2) is 66.7 Å². The molecule has 0 spiro atoms. The highest BCUT2D eigenvalue weighted by molar-refractivity contribution is 6.07. The summed E-state index contributed by atoms with van der Waals surface area (Å²) in [5, 5.41) is 2.93. The summed E-state index contributed by atoms with van der Waals surface area (Å²) in [5.74, 6) is -0.00688. The molecule has 4 rings (SSSR count). The van der Waals surface area contributed by atoms with E-state index in [1.165, 1.54) is 24.3 Å². The molecule has 2 amide bonds. The number of nitrogens with zero attached hydrogens (tertiary/aromatic N) is 1. The van der Waals surface area contributed by atoms with Crippen molar-refractivity contribution in [3.63, 3.8) is 0 Å². The minimum Gasteiger partial charge on any atom is -0.496 e.